The Bertz CT molecular complexity index is 559. The van der Waals surface area contributed by atoms with Gasteiger partial charge in [-0.15, -0.1) is 0 Å². The Balaban J connectivity index is 3.20. The van der Waals surface area contributed by atoms with E-state index in [0.29, 0.717) is 24.3 Å². The van der Waals surface area contributed by atoms with Gasteiger partial charge >= 0.3 is 21.8 Å². The first-order chi connectivity index (χ1) is 8.84. The topological polar surface area (TPSA) is 43.4 Å². The number of halogens is 7. The summed E-state index contributed by atoms with van der Waals surface area (Å²) in [4.78, 5) is 0. The van der Waals surface area contributed by atoms with Crippen molar-refractivity contribution in [2.75, 3.05) is 0 Å². The molecule has 0 aromatic heterocycles. The van der Waals surface area contributed by atoms with E-state index in [0.717, 1.165) is 0 Å². The van der Waals surface area contributed by atoms with Crippen LogP contribution in [0.1, 0.15) is 11.7 Å². The van der Waals surface area contributed by atoms with Crippen molar-refractivity contribution in [3.63, 3.8) is 0 Å². The van der Waals surface area contributed by atoms with Gasteiger partial charge in [0, 0.05) is 0 Å². The fourth-order valence-corrected chi connectivity index (χ4v) is 1.70. The van der Waals surface area contributed by atoms with Crippen molar-refractivity contribution in [3.8, 4) is 0 Å². The molecule has 0 aliphatic carbocycles. The maximum Gasteiger partial charge on any atom is 0.523 e. The van der Waals surface area contributed by atoms with E-state index in [4.69, 9.17) is 0 Å². The fourth-order valence-electron chi connectivity index (χ4n) is 1.12. The molecule has 1 aromatic rings. The lowest BCUT2D eigenvalue weighted by Crippen LogP contribution is -2.32. The number of rotatable bonds is 3. The van der Waals surface area contributed by atoms with Gasteiger partial charge in [-0.1, -0.05) is 12.1 Å². The number of alkyl halides is 6. The van der Waals surface area contributed by atoms with E-state index in [1.165, 1.54) is 0 Å². The Morgan fingerprint density at radius 3 is 1.75 bits per heavy atom. The molecule has 1 atom stereocenters. The smallest absolute Gasteiger partial charge is 0.245 e. The molecule has 0 amide bonds. The third kappa shape index (κ3) is 3.82. The predicted octanol–water partition coefficient (Wildman–Crippen LogP) is 3.30. The number of hydrogen-bond acceptors (Lipinski definition) is 3. The van der Waals surface area contributed by atoms with Gasteiger partial charge in [-0.25, -0.2) is 8.57 Å². The lowest BCUT2D eigenvalue weighted by atomic mass is 10.1. The first-order valence-electron chi connectivity index (χ1n) is 4.66. The molecule has 0 spiro atoms. The third-order valence-corrected chi connectivity index (χ3v) is 2.99. The minimum absolute atomic E-state index is 0.472. The lowest BCUT2D eigenvalue weighted by Gasteiger charge is -2.21. The summed E-state index contributed by atoms with van der Waals surface area (Å²) in [7, 11) is -6.45. The highest BCUT2D eigenvalue weighted by Crippen LogP contribution is 2.40. The molecule has 0 bridgehead atoms. The van der Waals surface area contributed by atoms with E-state index in [-0.39, 0.29) is 0 Å². The van der Waals surface area contributed by atoms with E-state index >= 15 is 0 Å². The van der Waals surface area contributed by atoms with Crippen LogP contribution in [0.25, 0.3) is 0 Å². The summed E-state index contributed by atoms with van der Waals surface area (Å²) in [6.07, 6.45) is -8.81. The van der Waals surface area contributed by atoms with Crippen molar-refractivity contribution in [3.05, 3.63) is 35.6 Å². The molecule has 20 heavy (non-hydrogen) atoms. The maximum atomic E-state index is 12.6. The summed E-state index contributed by atoms with van der Waals surface area (Å²) >= 11 is 0. The van der Waals surface area contributed by atoms with E-state index in [9.17, 15) is 39.2 Å². The molecular weight excluding hydrogens is 321 g/mol. The van der Waals surface area contributed by atoms with Crippen molar-refractivity contribution in [1.82, 2.24) is 0 Å². The van der Waals surface area contributed by atoms with Crippen LogP contribution in [-0.4, -0.2) is 20.1 Å². The van der Waals surface area contributed by atoms with Gasteiger partial charge in [-0.3, -0.25) is 0 Å². The van der Waals surface area contributed by atoms with Gasteiger partial charge < -0.3 is 0 Å². The van der Waals surface area contributed by atoms with Crippen LogP contribution in [-0.2, 0) is 14.3 Å². The number of hydrogen-bond donors (Lipinski definition) is 0. The second-order valence-electron chi connectivity index (χ2n) is 3.47. The van der Waals surface area contributed by atoms with Crippen LogP contribution in [0.4, 0.5) is 30.7 Å². The second-order valence-corrected chi connectivity index (χ2v) is 5.03. The summed E-state index contributed by atoms with van der Waals surface area (Å²) in [5, 5.41) is 0. The summed E-state index contributed by atoms with van der Waals surface area (Å²) in [5.41, 5.74) is -6.98. The van der Waals surface area contributed by atoms with Crippen LogP contribution in [0, 0.1) is 5.82 Å². The monoisotopic (exact) mass is 326 g/mol. The summed E-state index contributed by atoms with van der Waals surface area (Å²) < 4.78 is 111. The molecule has 0 heterocycles. The molecule has 0 saturated heterocycles. The molecular formula is C9H5F7O3S. The summed E-state index contributed by atoms with van der Waals surface area (Å²) in [5.74, 6) is -0.951. The fraction of sp³-hybridized carbons (Fsp3) is 0.333. The van der Waals surface area contributed by atoms with Gasteiger partial charge in [-0.2, -0.15) is 34.8 Å². The zero-order valence-electron chi connectivity index (χ0n) is 9.17. The molecule has 0 N–H and O–H groups in total. The summed E-state index contributed by atoms with van der Waals surface area (Å²) in [6.45, 7) is 0. The van der Waals surface area contributed by atoms with E-state index < -0.39 is 39.3 Å². The van der Waals surface area contributed by atoms with Crippen LogP contribution < -0.4 is 0 Å². The van der Waals surface area contributed by atoms with Gasteiger partial charge in [0.05, 0.1) is 0 Å². The van der Waals surface area contributed by atoms with E-state index in [1.54, 1.807) is 0 Å². The van der Waals surface area contributed by atoms with Gasteiger partial charge in [0.1, 0.15) is 5.82 Å². The largest absolute Gasteiger partial charge is 0.523 e. The SMILES string of the molecule is O=S(=O)(OC(c1ccc(F)cc1)C(F)(F)F)C(F)(F)F. The standard InChI is InChI=1S/C9H5F7O3S/c10-6-3-1-5(2-4-6)7(8(11,12)13)19-20(17,18)9(14,15)16/h1-4,7H. The van der Waals surface area contributed by atoms with Gasteiger partial charge in [0.25, 0.3) is 0 Å². The Kier molecular flexibility index (Phi) is 4.34. The van der Waals surface area contributed by atoms with Gasteiger partial charge in [0.15, 0.2) is 6.10 Å². The molecule has 114 valence electrons. The molecule has 0 aliphatic heterocycles. The molecule has 0 saturated carbocycles. The van der Waals surface area contributed by atoms with Crippen molar-refractivity contribution < 1.29 is 43.3 Å². The zero-order chi connectivity index (χ0) is 15.8. The Hall–Kier alpha value is -1.36. The van der Waals surface area contributed by atoms with Gasteiger partial charge in [-0.05, 0) is 17.7 Å². The van der Waals surface area contributed by atoms with Crippen LogP contribution in [0.15, 0.2) is 24.3 Å². The molecule has 11 heteroatoms. The predicted molar refractivity (Wildman–Crippen MR) is 51.3 cm³/mol. The molecule has 0 aliphatic rings. The van der Waals surface area contributed by atoms with Crippen LogP contribution in [0.5, 0.6) is 0 Å². The maximum absolute atomic E-state index is 12.6. The average Bonchev–Trinajstić information content (AvgIpc) is 2.24. The Morgan fingerprint density at radius 1 is 0.950 bits per heavy atom. The molecule has 1 aromatic carbocycles. The van der Waals surface area contributed by atoms with Gasteiger partial charge in [0.2, 0.25) is 0 Å². The lowest BCUT2D eigenvalue weighted by molar-refractivity contribution is -0.200. The van der Waals surface area contributed by atoms with Crippen LogP contribution in [0.2, 0.25) is 0 Å². The highest BCUT2D eigenvalue weighted by Gasteiger charge is 2.53. The molecule has 1 unspecified atom stereocenters. The Labute approximate surface area is 108 Å². The first kappa shape index (κ1) is 16.7. The first-order valence-corrected chi connectivity index (χ1v) is 6.07. The highest BCUT2D eigenvalue weighted by atomic mass is 32.2. The zero-order valence-corrected chi connectivity index (χ0v) is 9.98. The normalized spacial score (nSPS) is 15.2. The minimum atomic E-state index is -6.45. The molecule has 1 rings (SSSR count). The average molecular weight is 326 g/mol. The van der Waals surface area contributed by atoms with E-state index in [1.807, 2.05) is 0 Å². The van der Waals surface area contributed by atoms with Crippen molar-refractivity contribution >= 4 is 10.1 Å². The van der Waals surface area contributed by atoms with Crippen molar-refractivity contribution in [2.45, 2.75) is 17.8 Å². The van der Waals surface area contributed by atoms with Crippen LogP contribution >= 0.6 is 0 Å². The highest BCUT2D eigenvalue weighted by molar-refractivity contribution is 7.87. The van der Waals surface area contributed by atoms with Crippen molar-refractivity contribution in [1.29, 1.82) is 0 Å². The molecule has 0 radical (unpaired) electrons. The third-order valence-electron chi connectivity index (χ3n) is 1.98. The quantitative estimate of drug-likeness (QED) is 0.486. The Morgan fingerprint density at radius 2 is 1.40 bits per heavy atom. The number of benzene rings is 1. The van der Waals surface area contributed by atoms with Crippen LogP contribution in [0.3, 0.4) is 0 Å². The second kappa shape index (κ2) is 5.20. The van der Waals surface area contributed by atoms with E-state index in [2.05, 4.69) is 4.18 Å². The molecule has 0 fully saturated rings. The summed E-state index contributed by atoms with van der Waals surface area (Å²) in [6, 6.07) is 1.99. The molecule has 3 nitrogen and oxygen atoms in total. The minimum Gasteiger partial charge on any atom is -0.245 e. The van der Waals surface area contributed by atoms with Crippen molar-refractivity contribution in [2.24, 2.45) is 0 Å².